The van der Waals surface area contributed by atoms with Gasteiger partial charge in [-0.1, -0.05) is 13.8 Å². The summed E-state index contributed by atoms with van der Waals surface area (Å²) in [5.74, 6) is -0.435. The molecule has 2 rings (SSSR count). The summed E-state index contributed by atoms with van der Waals surface area (Å²) in [6.07, 6.45) is 3.85. The van der Waals surface area contributed by atoms with Gasteiger partial charge in [-0.25, -0.2) is 4.98 Å². The van der Waals surface area contributed by atoms with Gasteiger partial charge in [0.15, 0.2) is 0 Å². The highest BCUT2D eigenvalue weighted by Crippen LogP contribution is 2.27. The molecule has 2 N–H and O–H groups in total. The molecule has 0 amide bonds. The first-order valence-corrected chi connectivity index (χ1v) is 6.85. The average Bonchev–Trinajstić information content (AvgIpc) is 2.87. The first-order chi connectivity index (χ1) is 9.13. The standard InChI is InChI=1S/C13H20N4O2/c1-3-10-11(4-2)16-17-13(15-10)14-9-6-5-8(7-9)12(18)19/h8-9H,3-7H2,1-2H3,(H,18,19)(H,14,15,17). The van der Waals surface area contributed by atoms with Crippen molar-refractivity contribution in [1.29, 1.82) is 0 Å². The van der Waals surface area contributed by atoms with Gasteiger partial charge in [0.05, 0.1) is 17.3 Å². The third-order valence-corrected chi connectivity index (χ3v) is 3.62. The summed E-state index contributed by atoms with van der Waals surface area (Å²) in [7, 11) is 0. The van der Waals surface area contributed by atoms with E-state index >= 15 is 0 Å². The summed E-state index contributed by atoms with van der Waals surface area (Å²) in [6, 6.07) is 0.139. The number of aryl methyl sites for hydroxylation is 2. The number of aliphatic carboxylic acids is 1. The molecule has 19 heavy (non-hydrogen) atoms. The van der Waals surface area contributed by atoms with E-state index in [2.05, 4.69) is 20.5 Å². The Balaban J connectivity index is 2.02. The van der Waals surface area contributed by atoms with E-state index in [0.717, 1.165) is 30.7 Å². The summed E-state index contributed by atoms with van der Waals surface area (Å²) < 4.78 is 0. The molecule has 1 aliphatic rings. The van der Waals surface area contributed by atoms with Gasteiger partial charge in [0.2, 0.25) is 5.95 Å². The van der Waals surface area contributed by atoms with Crippen molar-refractivity contribution in [1.82, 2.24) is 15.2 Å². The summed E-state index contributed by atoms with van der Waals surface area (Å²) in [6.45, 7) is 4.08. The van der Waals surface area contributed by atoms with Gasteiger partial charge in [-0.05, 0) is 32.1 Å². The number of nitrogens with zero attached hydrogens (tertiary/aromatic N) is 3. The number of nitrogens with one attached hydrogen (secondary N) is 1. The molecule has 6 heteroatoms. The molecule has 1 heterocycles. The van der Waals surface area contributed by atoms with Crippen LogP contribution in [0.15, 0.2) is 0 Å². The van der Waals surface area contributed by atoms with Gasteiger partial charge in [0.1, 0.15) is 0 Å². The number of hydrogen-bond acceptors (Lipinski definition) is 5. The van der Waals surface area contributed by atoms with E-state index in [1.807, 2.05) is 13.8 Å². The molecule has 104 valence electrons. The molecule has 1 aliphatic carbocycles. The topological polar surface area (TPSA) is 88.0 Å². The lowest BCUT2D eigenvalue weighted by Crippen LogP contribution is -2.20. The Bertz CT molecular complexity index is 464. The second kappa shape index (κ2) is 5.95. The molecule has 0 bridgehead atoms. The van der Waals surface area contributed by atoms with Gasteiger partial charge in [0.25, 0.3) is 0 Å². The van der Waals surface area contributed by atoms with Crippen molar-refractivity contribution in [2.24, 2.45) is 5.92 Å². The van der Waals surface area contributed by atoms with Crippen molar-refractivity contribution in [3.8, 4) is 0 Å². The first-order valence-electron chi connectivity index (χ1n) is 6.85. The molecule has 0 aromatic carbocycles. The number of carbonyl (C=O) groups is 1. The number of carboxylic acid groups (broad SMARTS) is 1. The highest BCUT2D eigenvalue weighted by atomic mass is 16.4. The van der Waals surface area contributed by atoms with Crippen LogP contribution in [0.1, 0.15) is 44.5 Å². The molecular weight excluding hydrogens is 244 g/mol. The summed E-state index contributed by atoms with van der Waals surface area (Å²) in [4.78, 5) is 15.4. The minimum Gasteiger partial charge on any atom is -0.481 e. The Morgan fingerprint density at radius 2 is 2.00 bits per heavy atom. The van der Waals surface area contributed by atoms with Gasteiger partial charge in [-0.2, -0.15) is 5.10 Å². The number of anilines is 1. The number of aromatic nitrogens is 3. The van der Waals surface area contributed by atoms with Crippen LogP contribution in [0.5, 0.6) is 0 Å². The van der Waals surface area contributed by atoms with Crippen LogP contribution in [0.25, 0.3) is 0 Å². The van der Waals surface area contributed by atoms with Crippen LogP contribution < -0.4 is 5.32 Å². The van der Waals surface area contributed by atoms with Crippen molar-refractivity contribution in [2.45, 2.75) is 52.0 Å². The average molecular weight is 264 g/mol. The van der Waals surface area contributed by atoms with Crippen molar-refractivity contribution in [3.63, 3.8) is 0 Å². The minimum atomic E-state index is -0.709. The Hall–Kier alpha value is -1.72. The van der Waals surface area contributed by atoms with Gasteiger partial charge in [-0.15, -0.1) is 5.10 Å². The molecule has 0 aliphatic heterocycles. The fourth-order valence-electron chi connectivity index (χ4n) is 2.52. The minimum absolute atomic E-state index is 0.139. The lowest BCUT2D eigenvalue weighted by atomic mass is 10.1. The van der Waals surface area contributed by atoms with Crippen LogP contribution in [0.2, 0.25) is 0 Å². The molecule has 0 saturated heterocycles. The highest BCUT2D eigenvalue weighted by molar-refractivity contribution is 5.70. The fourth-order valence-corrected chi connectivity index (χ4v) is 2.52. The molecule has 2 atom stereocenters. The summed E-state index contributed by atoms with van der Waals surface area (Å²) in [5.41, 5.74) is 1.90. The van der Waals surface area contributed by atoms with E-state index in [1.54, 1.807) is 0 Å². The van der Waals surface area contributed by atoms with E-state index in [4.69, 9.17) is 5.11 Å². The van der Waals surface area contributed by atoms with E-state index < -0.39 is 5.97 Å². The van der Waals surface area contributed by atoms with Crippen molar-refractivity contribution in [3.05, 3.63) is 11.4 Å². The molecule has 6 nitrogen and oxygen atoms in total. The predicted octanol–water partition coefficient (Wildman–Crippen LogP) is 1.66. The van der Waals surface area contributed by atoms with Crippen molar-refractivity contribution >= 4 is 11.9 Å². The van der Waals surface area contributed by atoms with Gasteiger partial charge in [-0.3, -0.25) is 4.79 Å². The number of rotatable bonds is 5. The molecule has 0 spiro atoms. The van der Waals surface area contributed by atoms with E-state index in [9.17, 15) is 4.79 Å². The second-order valence-corrected chi connectivity index (χ2v) is 4.93. The maximum Gasteiger partial charge on any atom is 0.306 e. The maximum atomic E-state index is 10.9. The van der Waals surface area contributed by atoms with Crippen LogP contribution in [0.3, 0.4) is 0 Å². The molecule has 1 saturated carbocycles. The van der Waals surface area contributed by atoms with Crippen LogP contribution >= 0.6 is 0 Å². The van der Waals surface area contributed by atoms with E-state index in [-0.39, 0.29) is 12.0 Å². The summed E-state index contributed by atoms with van der Waals surface area (Å²) in [5, 5.41) is 20.4. The van der Waals surface area contributed by atoms with Crippen LogP contribution in [-0.2, 0) is 17.6 Å². The van der Waals surface area contributed by atoms with E-state index in [0.29, 0.717) is 18.8 Å². The highest BCUT2D eigenvalue weighted by Gasteiger charge is 2.30. The smallest absolute Gasteiger partial charge is 0.306 e. The molecule has 1 aromatic rings. The molecule has 0 radical (unpaired) electrons. The quantitative estimate of drug-likeness (QED) is 0.841. The Morgan fingerprint density at radius 1 is 1.26 bits per heavy atom. The Labute approximate surface area is 112 Å². The SMILES string of the molecule is CCc1nnc(NC2CCC(C(=O)O)C2)nc1CC. The number of carboxylic acids is 1. The zero-order chi connectivity index (χ0) is 13.8. The lowest BCUT2D eigenvalue weighted by Gasteiger charge is -2.13. The molecule has 2 unspecified atom stereocenters. The molecular formula is C13H20N4O2. The Morgan fingerprint density at radius 3 is 2.58 bits per heavy atom. The van der Waals surface area contributed by atoms with Crippen LogP contribution in [-0.4, -0.2) is 32.3 Å². The fraction of sp³-hybridized carbons (Fsp3) is 0.692. The lowest BCUT2D eigenvalue weighted by molar-refractivity contribution is -0.141. The normalized spacial score (nSPS) is 22.4. The predicted molar refractivity (Wildman–Crippen MR) is 71.0 cm³/mol. The van der Waals surface area contributed by atoms with Crippen LogP contribution in [0.4, 0.5) is 5.95 Å². The van der Waals surface area contributed by atoms with Gasteiger partial charge >= 0.3 is 5.97 Å². The van der Waals surface area contributed by atoms with E-state index in [1.165, 1.54) is 0 Å². The zero-order valence-electron chi connectivity index (χ0n) is 11.4. The largest absolute Gasteiger partial charge is 0.481 e. The second-order valence-electron chi connectivity index (χ2n) is 4.93. The van der Waals surface area contributed by atoms with Gasteiger partial charge < -0.3 is 10.4 Å². The third kappa shape index (κ3) is 3.19. The molecule has 1 aromatic heterocycles. The Kier molecular flexibility index (Phi) is 4.29. The van der Waals surface area contributed by atoms with Crippen LogP contribution in [0, 0.1) is 5.92 Å². The molecule has 1 fully saturated rings. The monoisotopic (exact) mass is 264 g/mol. The summed E-state index contributed by atoms with van der Waals surface area (Å²) >= 11 is 0. The third-order valence-electron chi connectivity index (χ3n) is 3.62. The zero-order valence-corrected chi connectivity index (χ0v) is 11.4. The van der Waals surface area contributed by atoms with Gasteiger partial charge in [0, 0.05) is 6.04 Å². The van der Waals surface area contributed by atoms with Crippen molar-refractivity contribution in [2.75, 3.05) is 5.32 Å². The van der Waals surface area contributed by atoms with Crippen molar-refractivity contribution < 1.29 is 9.90 Å². The number of hydrogen-bond donors (Lipinski definition) is 2. The maximum absolute atomic E-state index is 10.9. The first kappa shape index (κ1) is 13.7.